The van der Waals surface area contributed by atoms with E-state index in [9.17, 15) is 4.79 Å². The lowest BCUT2D eigenvalue weighted by Gasteiger charge is -2.42. The van der Waals surface area contributed by atoms with Crippen LogP contribution in [0.3, 0.4) is 0 Å². The summed E-state index contributed by atoms with van der Waals surface area (Å²) in [7, 11) is 0. The van der Waals surface area contributed by atoms with Gasteiger partial charge < -0.3 is 23.7 Å². The van der Waals surface area contributed by atoms with E-state index < -0.39 is 0 Å². The van der Waals surface area contributed by atoms with Crippen LogP contribution in [0.15, 0.2) is 18.2 Å². The lowest BCUT2D eigenvalue weighted by molar-refractivity contribution is -0.176. The summed E-state index contributed by atoms with van der Waals surface area (Å²) >= 11 is 2.45. The molecule has 1 saturated carbocycles. The molecule has 0 spiro atoms. The molecule has 28 heavy (non-hydrogen) atoms. The van der Waals surface area contributed by atoms with Gasteiger partial charge >= 0.3 is 5.97 Å². The van der Waals surface area contributed by atoms with Crippen LogP contribution in [0.5, 0.6) is 11.5 Å². The zero-order valence-corrected chi connectivity index (χ0v) is 17.8. The molecule has 5 rings (SSSR count). The number of ether oxygens (including phenoxy) is 5. The second-order valence-electron chi connectivity index (χ2n) is 8.09. The number of carbonyl (C=O) groups excluding carboxylic acids is 1. The molecule has 6 atom stereocenters. The largest absolute Gasteiger partial charge is 0.461 e. The van der Waals surface area contributed by atoms with E-state index >= 15 is 0 Å². The first-order chi connectivity index (χ1) is 13.7. The van der Waals surface area contributed by atoms with Gasteiger partial charge in [-0.3, -0.25) is 4.79 Å². The Kier molecular flexibility index (Phi) is 5.40. The molecule has 6 nitrogen and oxygen atoms in total. The van der Waals surface area contributed by atoms with Crippen molar-refractivity contribution < 1.29 is 28.5 Å². The Bertz CT molecular complexity index is 734. The molecule has 0 N–H and O–H groups in total. The van der Waals surface area contributed by atoms with Crippen LogP contribution in [0.25, 0.3) is 0 Å². The topological polar surface area (TPSA) is 63.2 Å². The standard InChI is InChI=1S/C21H25IO6/c22-16-8-13(12-4-5-17-18(7-12)27-11-26-17)15(14-9-19(23)28-21(14)16)10-25-20-3-1-2-6-24-20/h4-5,7,13-16,20-21H,1-3,6,8-11H2/t13-,14-,15-,16-,20?,21-/m0/s1. The fourth-order valence-electron chi connectivity index (χ4n) is 5.01. The van der Waals surface area contributed by atoms with Crippen molar-refractivity contribution >= 4 is 28.6 Å². The Hall–Kier alpha value is -1.06. The second-order valence-corrected chi connectivity index (χ2v) is 9.69. The molecule has 7 heteroatoms. The first-order valence-electron chi connectivity index (χ1n) is 10.2. The normalized spacial score (nSPS) is 36.8. The number of fused-ring (bicyclic) bond motifs is 2. The Morgan fingerprint density at radius 3 is 2.93 bits per heavy atom. The van der Waals surface area contributed by atoms with Gasteiger partial charge in [0.05, 0.1) is 13.0 Å². The minimum Gasteiger partial charge on any atom is -0.461 e. The van der Waals surface area contributed by atoms with E-state index in [1.807, 2.05) is 6.07 Å². The molecule has 3 heterocycles. The Morgan fingerprint density at radius 1 is 1.18 bits per heavy atom. The van der Waals surface area contributed by atoms with Gasteiger partial charge in [-0.1, -0.05) is 28.7 Å². The van der Waals surface area contributed by atoms with Crippen LogP contribution >= 0.6 is 22.6 Å². The summed E-state index contributed by atoms with van der Waals surface area (Å²) in [6, 6.07) is 6.21. The van der Waals surface area contributed by atoms with Gasteiger partial charge in [0.1, 0.15) is 6.10 Å². The number of carbonyl (C=O) groups is 1. The number of hydrogen-bond acceptors (Lipinski definition) is 6. The maximum Gasteiger partial charge on any atom is 0.306 e. The van der Waals surface area contributed by atoms with Crippen LogP contribution in [-0.4, -0.2) is 42.3 Å². The van der Waals surface area contributed by atoms with Gasteiger partial charge in [0.2, 0.25) is 6.79 Å². The van der Waals surface area contributed by atoms with Gasteiger partial charge in [-0.05, 0) is 55.2 Å². The highest BCUT2D eigenvalue weighted by molar-refractivity contribution is 14.1. The fourth-order valence-corrected chi connectivity index (χ4v) is 6.24. The number of halogens is 1. The first-order valence-corrected chi connectivity index (χ1v) is 11.4. The van der Waals surface area contributed by atoms with Gasteiger partial charge in [-0.2, -0.15) is 0 Å². The molecule has 1 aromatic rings. The van der Waals surface area contributed by atoms with E-state index in [4.69, 9.17) is 23.7 Å². The van der Waals surface area contributed by atoms with Crippen molar-refractivity contribution in [1.29, 1.82) is 0 Å². The highest BCUT2D eigenvalue weighted by Crippen LogP contribution is 2.50. The number of rotatable bonds is 4. The predicted octanol–water partition coefficient (Wildman–Crippen LogP) is 3.80. The lowest BCUT2D eigenvalue weighted by Crippen LogP contribution is -2.43. The third-order valence-electron chi connectivity index (χ3n) is 6.43. The molecule has 0 radical (unpaired) electrons. The molecule has 0 bridgehead atoms. The monoisotopic (exact) mass is 500 g/mol. The van der Waals surface area contributed by atoms with E-state index in [-0.39, 0.29) is 42.9 Å². The maximum atomic E-state index is 12.1. The van der Waals surface area contributed by atoms with Crippen molar-refractivity contribution in [2.75, 3.05) is 20.0 Å². The zero-order valence-electron chi connectivity index (χ0n) is 15.7. The summed E-state index contributed by atoms with van der Waals surface area (Å²) in [6.45, 7) is 1.63. The Labute approximate surface area is 178 Å². The molecule has 0 amide bonds. The molecule has 1 unspecified atom stereocenters. The van der Waals surface area contributed by atoms with Crippen molar-refractivity contribution in [1.82, 2.24) is 0 Å². The smallest absolute Gasteiger partial charge is 0.306 e. The molecule has 0 aromatic heterocycles. The molecule has 1 aromatic carbocycles. The molecule has 4 aliphatic rings. The van der Waals surface area contributed by atoms with Crippen LogP contribution in [-0.2, 0) is 19.0 Å². The molecule has 2 saturated heterocycles. The van der Waals surface area contributed by atoms with Gasteiger partial charge in [0, 0.05) is 16.4 Å². The highest BCUT2D eigenvalue weighted by atomic mass is 127. The first kappa shape index (κ1) is 18.9. The Morgan fingerprint density at radius 2 is 2.07 bits per heavy atom. The summed E-state index contributed by atoms with van der Waals surface area (Å²) in [5, 5.41) is 0. The Balaban J connectivity index is 1.40. The molecule has 3 aliphatic heterocycles. The summed E-state index contributed by atoms with van der Waals surface area (Å²) < 4.78 is 29.0. The average Bonchev–Trinajstić information content (AvgIpc) is 3.33. The number of benzene rings is 1. The van der Waals surface area contributed by atoms with Crippen LogP contribution < -0.4 is 9.47 Å². The van der Waals surface area contributed by atoms with Crippen molar-refractivity contribution in [3.05, 3.63) is 23.8 Å². The predicted molar refractivity (Wildman–Crippen MR) is 109 cm³/mol. The quantitative estimate of drug-likeness (QED) is 0.356. The fraction of sp³-hybridized carbons (Fsp3) is 0.667. The van der Waals surface area contributed by atoms with E-state index in [1.165, 1.54) is 5.56 Å². The van der Waals surface area contributed by atoms with E-state index in [0.717, 1.165) is 43.8 Å². The molecular weight excluding hydrogens is 475 g/mol. The van der Waals surface area contributed by atoms with Crippen LogP contribution in [0, 0.1) is 11.8 Å². The number of alkyl halides is 1. The lowest BCUT2D eigenvalue weighted by atomic mass is 9.68. The van der Waals surface area contributed by atoms with E-state index in [2.05, 4.69) is 34.7 Å². The van der Waals surface area contributed by atoms with Gasteiger partial charge in [0.15, 0.2) is 17.8 Å². The third kappa shape index (κ3) is 3.61. The number of esters is 1. The van der Waals surface area contributed by atoms with Crippen molar-refractivity contribution in [2.45, 2.75) is 54.3 Å². The van der Waals surface area contributed by atoms with Gasteiger partial charge in [-0.15, -0.1) is 0 Å². The molecule has 1 aliphatic carbocycles. The summed E-state index contributed by atoms with van der Waals surface area (Å²) in [4.78, 5) is 12.1. The number of hydrogen-bond donors (Lipinski definition) is 0. The minimum atomic E-state index is -0.125. The third-order valence-corrected chi connectivity index (χ3v) is 7.65. The molecule has 152 valence electrons. The van der Waals surface area contributed by atoms with Crippen molar-refractivity contribution in [3.63, 3.8) is 0 Å². The van der Waals surface area contributed by atoms with E-state index in [1.54, 1.807) is 0 Å². The van der Waals surface area contributed by atoms with Crippen LogP contribution in [0.1, 0.15) is 43.6 Å². The van der Waals surface area contributed by atoms with Gasteiger partial charge in [-0.25, -0.2) is 0 Å². The SMILES string of the molecule is O=C1C[C@H]2[C@@H](COC3CCCCO3)[C@H](c3ccc4c(c3)OCO4)C[C@H](I)[C@H]2O1. The van der Waals surface area contributed by atoms with Crippen molar-refractivity contribution in [2.24, 2.45) is 11.8 Å². The summed E-state index contributed by atoms with van der Waals surface area (Å²) in [5.74, 6) is 2.21. The zero-order chi connectivity index (χ0) is 19.1. The summed E-state index contributed by atoms with van der Waals surface area (Å²) in [6.07, 6.45) is 4.48. The maximum absolute atomic E-state index is 12.1. The molecule has 3 fully saturated rings. The van der Waals surface area contributed by atoms with Gasteiger partial charge in [0.25, 0.3) is 0 Å². The average molecular weight is 500 g/mol. The molecular formula is C21H25IO6. The van der Waals surface area contributed by atoms with E-state index in [0.29, 0.717) is 17.0 Å². The highest BCUT2D eigenvalue weighted by Gasteiger charge is 2.51. The van der Waals surface area contributed by atoms with Crippen LogP contribution in [0.2, 0.25) is 0 Å². The summed E-state index contributed by atoms with van der Waals surface area (Å²) in [5.41, 5.74) is 1.22. The minimum absolute atomic E-state index is 0.0146. The second kappa shape index (κ2) is 7.99. The van der Waals surface area contributed by atoms with Crippen molar-refractivity contribution in [3.8, 4) is 11.5 Å². The van der Waals surface area contributed by atoms with Crippen LogP contribution in [0.4, 0.5) is 0 Å².